The summed E-state index contributed by atoms with van der Waals surface area (Å²) in [6.45, 7) is 7.50. The molecule has 1 aromatic carbocycles. The smallest absolute Gasteiger partial charge is 0.0406 e. The molecule has 0 saturated carbocycles. The van der Waals surface area contributed by atoms with E-state index in [0.29, 0.717) is 18.5 Å². The highest BCUT2D eigenvalue weighted by atomic mass is 35.5. The maximum absolute atomic E-state index is 6.15. The number of halogens is 1. The van der Waals surface area contributed by atoms with Crippen LogP contribution in [0.1, 0.15) is 19.4 Å². The van der Waals surface area contributed by atoms with Crippen molar-refractivity contribution in [2.75, 3.05) is 33.7 Å². The van der Waals surface area contributed by atoms with E-state index in [9.17, 15) is 0 Å². The first-order chi connectivity index (χ1) is 9.85. The zero-order valence-corrected chi connectivity index (χ0v) is 14.4. The molecule has 1 aromatic rings. The first-order valence-electron chi connectivity index (χ1n) is 7.72. The van der Waals surface area contributed by atoms with E-state index in [1.165, 1.54) is 5.56 Å². The second kappa shape index (κ2) is 6.66. The third-order valence-corrected chi connectivity index (χ3v) is 5.19. The molecule has 1 fully saturated rings. The van der Waals surface area contributed by atoms with Crippen LogP contribution in [0.15, 0.2) is 24.3 Å². The fourth-order valence-electron chi connectivity index (χ4n) is 3.42. The molecule has 21 heavy (non-hydrogen) atoms. The van der Waals surface area contributed by atoms with Crippen molar-refractivity contribution in [1.82, 2.24) is 9.80 Å². The third-order valence-electron chi connectivity index (χ3n) is 4.94. The molecule has 2 N–H and O–H groups in total. The van der Waals surface area contributed by atoms with E-state index in [0.717, 1.165) is 24.5 Å². The molecule has 3 atom stereocenters. The molecule has 0 spiro atoms. The Morgan fingerprint density at radius 3 is 2.38 bits per heavy atom. The van der Waals surface area contributed by atoms with E-state index in [-0.39, 0.29) is 5.54 Å². The van der Waals surface area contributed by atoms with Crippen LogP contribution in [0.3, 0.4) is 0 Å². The fraction of sp³-hybridized carbons (Fsp3) is 0.647. The van der Waals surface area contributed by atoms with Crippen molar-refractivity contribution in [3.63, 3.8) is 0 Å². The Morgan fingerprint density at radius 2 is 1.90 bits per heavy atom. The van der Waals surface area contributed by atoms with Gasteiger partial charge in [0.2, 0.25) is 0 Å². The van der Waals surface area contributed by atoms with Gasteiger partial charge in [0.1, 0.15) is 0 Å². The van der Waals surface area contributed by atoms with Gasteiger partial charge in [0.15, 0.2) is 0 Å². The second-order valence-corrected chi connectivity index (χ2v) is 7.35. The summed E-state index contributed by atoms with van der Waals surface area (Å²) in [5.41, 5.74) is 7.46. The van der Waals surface area contributed by atoms with Gasteiger partial charge in [-0.1, -0.05) is 30.7 Å². The average molecular weight is 310 g/mol. The SMILES string of the molecule is CC1CN(C(C)(CN)Cc2ccc(Cl)cc2)CC1N(C)C. The maximum atomic E-state index is 6.15. The first kappa shape index (κ1) is 16.8. The number of rotatable bonds is 5. The van der Waals surface area contributed by atoms with Gasteiger partial charge < -0.3 is 10.6 Å². The van der Waals surface area contributed by atoms with Crippen LogP contribution in [0.4, 0.5) is 0 Å². The minimum Gasteiger partial charge on any atom is -0.329 e. The summed E-state index contributed by atoms with van der Waals surface area (Å²) < 4.78 is 0. The number of benzene rings is 1. The standard InChI is InChI=1S/C17H28ClN3/c1-13-10-21(11-16(13)20(3)4)17(2,12-19)9-14-5-7-15(18)8-6-14/h5-8,13,16H,9-12,19H2,1-4H3. The third kappa shape index (κ3) is 3.78. The van der Waals surface area contributed by atoms with E-state index in [1.807, 2.05) is 12.1 Å². The van der Waals surface area contributed by atoms with Crippen molar-refractivity contribution >= 4 is 11.6 Å². The molecule has 1 heterocycles. The molecule has 1 aliphatic heterocycles. The average Bonchev–Trinajstić information content (AvgIpc) is 2.84. The zero-order valence-electron chi connectivity index (χ0n) is 13.6. The van der Waals surface area contributed by atoms with Gasteiger partial charge in [-0.15, -0.1) is 0 Å². The second-order valence-electron chi connectivity index (χ2n) is 6.92. The van der Waals surface area contributed by atoms with Crippen molar-refractivity contribution in [1.29, 1.82) is 0 Å². The predicted octanol–water partition coefficient (Wildman–Crippen LogP) is 2.48. The van der Waals surface area contributed by atoms with Crippen LogP contribution >= 0.6 is 11.6 Å². The van der Waals surface area contributed by atoms with Gasteiger partial charge in [-0.05, 0) is 51.1 Å². The predicted molar refractivity (Wildman–Crippen MR) is 90.8 cm³/mol. The molecule has 0 amide bonds. The monoisotopic (exact) mass is 309 g/mol. The minimum atomic E-state index is 0.00680. The zero-order chi connectivity index (χ0) is 15.6. The Morgan fingerprint density at radius 1 is 1.29 bits per heavy atom. The van der Waals surface area contributed by atoms with E-state index in [1.54, 1.807) is 0 Å². The quantitative estimate of drug-likeness (QED) is 0.907. The van der Waals surface area contributed by atoms with E-state index >= 15 is 0 Å². The lowest BCUT2D eigenvalue weighted by Gasteiger charge is -2.38. The Kier molecular flexibility index (Phi) is 5.31. The highest BCUT2D eigenvalue weighted by Gasteiger charge is 2.40. The molecule has 2 rings (SSSR count). The van der Waals surface area contributed by atoms with E-state index < -0.39 is 0 Å². The van der Waals surface area contributed by atoms with Gasteiger partial charge in [0.25, 0.3) is 0 Å². The lowest BCUT2D eigenvalue weighted by Crippen LogP contribution is -2.53. The number of nitrogens with two attached hydrogens (primary N) is 1. The summed E-state index contributed by atoms with van der Waals surface area (Å²) in [7, 11) is 4.34. The van der Waals surface area contributed by atoms with Gasteiger partial charge in [0, 0.05) is 36.2 Å². The molecule has 3 unspecified atom stereocenters. The molecule has 118 valence electrons. The molecular formula is C17H28ClN3. The number of hydrogen-bond acceptors (Lipinski definition) is 3. The molecular weight excluding hydrogens is 282 g/mol. The lowest BCUT2D eigenvalue weighted by molar-refractivity contribution is 0.130. The van der Waals surface area contributed by atoms with E-state index in [4.69, 9.17) is 17.3 Å². The van der Waals surface area contributed by atoms with Gasteiger partial charge in [0.05, 0.1) is 0 Å². The topological polar surface area (TPSA) is 32.5 Å². The number of likely N-dealkylation sites (tertiary alicyclic amines) is 1. The van der Waals surface area contributed by atoms with Crippen LogP contribution in [-0.4, -0.2) is 55.1 Å². The van der Waals surface area contributed by atoms with Crippen LogP contribution in [0.2, 0.25) is 5.02 Å². The van der Waals surface area contributed by atoms with Crippen LogP contribution in [0.5, 0.6) is 0 Å². The summed E-state index contributed by atoms with van der Waals surface area (Å²) in [5, 5.41) is 0.788. The molecule has 1 aliphatic rings. The Bertz CT molecular complexity index is 460. The molecule has 0 bridgehead atoms. The Labute approximate surface area is 134 Å². The van der Waals surface area contributed by atoms with Gasteiger partial charge in [-0.3, -0.25) is 4.90 Å². The molecule has 0 aliphatic carbocycles. The number of nitrogens with zero attached hydrogens (tertiary/aromatic N) is 2. The van der Waals surface area contributed by atoms with Crippen molar-refractivity contribution in [2.45, 2.75) is 31.8 Å². The van der Waals surface area contributed by atoms with Crippen LogP contribution < -0.4 is 5.73 Å². The van der Waals surface area contributed by atoms with Crippen molar-refractivity contribution in [3.05, 3.63) is 34.9 Å². The minimum absolute atomic E-state index is 0.00680. The number of hydrogen-bond donors (Lipinski definition) is 1. The van der Waals surface area contributed by atoms with Gasteiger partial charge in [-0.2, -0.15) is 0 Å². The highest BCUT2D eigenvalue weighted by Crippen LogP contribution is 2.29. The Hall–Kier alpha value is -0.610. The van der Waals surface area contributed by atoms with Crippen LogP contribution in [0, 0.1) is 5.92 Å². The molecule has 3 nitrogen and oxygen atoms in total. The van der Waals surface area contributed by atoms with Crippen LogP contribution in [0.25, 0.3) is 0 Å². The largest absolute Gasteiger partial charge is 0.329 e. The van der Waals surface area contributed by atoms with Crippen LogP contribution in [-0.2, 0) is 6.42 Å². The summed E-state index contributed by atoms with van der Waals surface area (Å²) in [5.74, 6) is 0.677. The normalized spacial score (nSPS) is 26.2. The summed E-state index contributed by atoms with van der Waals surface area (Å²) in [4.78, 5) is 4.90. The fourth-order valence-corrected chi connectivity index (χ4v) is 3.54. The highest BCUT2D eigenvalue weighted by molar-refractivity contribution is 6.30. The maximum Gasteiger partial charge on any atom is 0.0406 e. The van der Waals surface area contributed by atoms with Crippen molar-refractivity contribution in [2.24, 2.45) is 11.7 Å². The molecule has 0 aromatic heterocycles. The lowest BCUT2D eigenvalue weighted by atomic mass is 9.91. The summed E-state index contributed by atoms with van der Waals surface area (Å²) in [6.07, 6.45) is 0.966. The van der Waals surface area contributed by atoms with E-state index in [2.05, 4.69) is 49.9 Å². The first-order valence-corrected chi connectivity index (χ1v) is 8.09. The Balaban J connectivity index is 2.12. The number of likely N-dealkylation sites (N-methyl/N-ethyl adjacent to an activating group) is 1. The van der Waals surface area contributed by atoms with Gasteiger partial charge >= 0.3 is 0 Å². The summed E-state index contributed by atoms with van der Waals surface area (Å²) >= 11 is 5.98. The molecule has 0 radical (unpaired) electrons. The van der Waals surface area contributed by atoms with Crippen molar-refractivity contribution in [3.8, 4) is 0 Å². The van der Waals surface area contributed by atoms with Crippen molar-refractivity contribution < 1.29 is 0 Å². The molecule has 1 saturated heterocycles. The van der Waals surface area contributed by atoms with Gasteiger partial charge in [-0.25, -0.2) is 0 Å². The molecule has 4 heteroatoms. The summed E-state index contributed by atoms with van der Waals surface area (Å²) in [6, 6.07) is 8.76.